The number of anilines is 2. The fraction of sp³-hybridized carbons (Fsp3) is 0.400. The minimum absolute atomic E-state index is 0.369. The summed E-state index contributed by atoms with van der Waals surface area (Å²) in [7, 11) is -3.46. The summed E-state index contributed by atoms with van der Waals surface area (Å²) in [6, 6.07) is 11.5. The van der Waals surface area contributed by atoms with Crippen LogP contribution >= 0.6 is 27.3 Å². The topological polar surface area (TPSA) is 69.6 Å². The van der Waals surface area contributed by atoms with E-state index in [4.69, 9.17) is 9.97 Å². The van der Waals surface area contributed by atoms with E-state index < -0.39 is 10.0 Å². The van der Waals surface area contributed by atoms with Crippen LogP contribution in [0.25, 0.3) is 10.9 Å². The molecular weight excluding hydrogens is 486 g/mol. The van der Waals surface area contributed by atoms with E-state index in [0.29, 0.717) is 36.3 Å². The number of benzene rings is 1. The number of hydrogen-bond acceptors (Lipinski definition) is 7. The quantitative estimate of drug-likeness (QED) is 0.503. The van der Waals surface area contributed by atoms with Crippen LogP contribution in [0.3, 0.4) is 0 Å². The number of para-hydroxylation sites is 1. The van der Waals surface area contributed by atoms with Crippen molar-refractivity contribution in [3.63, 3.8) is 0 Å². The Morgan fingerprint density at radius 1 is 1.03 bits per heavy atom. The number of piperazine rings is 1. The third-order valence-electron chi connectivity index (χ3n) is 5.30. The molecule has 7 nitrogen and oxygen atoms in total. The Bertz CT molecular complexity index is 1140. The maximum absolute atomic E-state index is 12.9. The van der Waals surface area contributed by atoms with Crippen molar-refractivity contribution in [3.05, 3.63) is 40.2 Å². The second-order valence-corrected chi connectivity index (χ2v) is 11.6. The number of sulfonamides is 1. The van der Waals surface area contributed by atoms with Gasteiger partial charge in [0.1, 0.15) is 10.0 Å². The molecule has 3 aromatic rings. The third kappa shape index (κ3) is 4.05. The first-order valence-corrected chi connectivity index (χ1v) is 13.0. The molecular formula is C20H24BrN5O2S2. The summed E-state index contributed by atoms with van der Waals surface area (Å²) in [5, 5.41) is 1.04. The van der Waals surface area contributed by atoms with E-state index in [9.17, 15) is 8.42 Å². The highest BCUT2D eigenvalue weighted by Crippen LogP contribution is 2.30. The summed E-state index contributed by atoms with van der Waals surface area (Å²) in [5.74, 6) is 1.59. The van der Waals surface area contributed by atoms with Gasteiger partial charge in [0.15, 0.2) is 0 Å². The van der Waals surface area contributed by atoms with Crippen molar-refractivity contribution in [1.29, 1.82) is 0 Å². The minimum Gasteiger partial charge on any atom is -0.356 e. The van der Waals surface area contributed by atoms with Crippen LogP contribution in [0.1, 0.15) is 13.8 Å². The Labute approximate surface area is 189 Å². The Morgan fingerprint density at radius 2 is 1.73 bits per heavy atom. The van der Waals surface area contributed by atoms with Gasteiger partial charge in [-0.15, -0.1) is 11.3 Å². The Hall–Kier alpha value is -1.75. The Kier molecular flexibility index (Phi) is 6.29. The fourth-order valence-electron chi connectivity index (χ4n) is 3.65. The van der Waals surface area contributed by atoms with E-state index in [1.54, 1.807) is 16.4 Å². The maximum Gasteiger partial charge on any atom is 0.252 e. The molecule has 1 saturated heterocycles. The highest BCUT2D eigenvalue weighted by atomic mass is 79.9. The van der Waals surface area contributed by atoms with Crippen LogP contribution < -0.4 is 9.80 Å². The predicted octanol–water partition coefficient (Wildman–Crippen LogP) is 3.81. The first-order valence-electron chi connectivity index (χ1n) is 9.96. The number of fused-ring (bicyclic) bond motifs is 1. The van der Waals surface area contributed by atoms with E-state index >= 15 is 0 Å². The number of thiophene rings is 1. The number of hydrogen-bond donors (Lipinski definition) is 0. The largest absolute Gasteiger partial charge is 0.356 e. The van der Waals surface area contributed by atoms with Crippen molar-refractivity contribution in [3.8, 4) is 0 Å². The monoisotopic (exact) mass is 509 g/mol. The first kappa shape index (κ1) is 21.5. The molecule has 4 rings (SSSR count). The van der Waals surface area contributed by atoms with Gasteiger partial charge in [-0.05, 0) is 54.0 Å². The summed E-state index contributed by atoms with van der Waals surface area (Å²) < 4.78 is 28.5. The lowest BCUT2D eigenvalue weighted by Crippen LogP contribution is -2.49. The van der Waals surface area contributed by atoms with Crippen molar-refractivity contribution in [2.24, 2.45) is 0 Å². The smallest absolute Gasteiger partial charge is 0.252 e. The summed E-state index contributed by atoms with van der Waals surface area (Å²) >= 11 is 4.59. The van der Waals surface area contributed by atoms with E-state index in [2.05, 4.69) is 45.6 Å². The van der Waals surface area contributed by atoms with Gasteiger partial charge in [-0.2, -0.15) is 9.29 Å². The molecule has 0 amide bonds. The zero-order valence-corrected chi connectivity index (χ0v) is 20.2. The predicted molar refractivity (Wildman–Crippen MR) is 126 cm³/mol. The van der Waals surface area contributed by atoms with E-state index in [-0.39, 0.29) is 0 Å². The number of rotatable bonds is 6. The van der Waals surface area contributed by atoms with Gasteiger partial charge in [0, 0.05) is 44.7 Å². The second-order valence-electron chi connectivity index (χ2n) is 6.99. The van der Waals surface area contributed by atoms with Crippen LogP contribution in [0.2, 0.25) is 0 Å². The van der Waals surface area contributed by atoms with Gasteiger partial charge in [-0.3, -0.25) is 0 Å². The van der Waals surface area contributed by atoms with Gasteiger partial charge in [-0.25, -0.2) is 13.4 Å². The molecule has 30 heavy (non-hydrogen) atoms. The van der Waals surface area contributed by atoms with Gasteiger partial charge in [0.25, 0.3) is 10.0 Å². The zero-order chi connectivity index (χ0) is 21.3. The van der Waals surface area contributed by atoms with Crippen molar-refractivity contribution in [2.45, 2.75) is 18.1 Å². The molecule has 2 aromatic heterocycles. The van der Waals surface area contributed by atoms with Crippen molar-refractivity contribution in [2.75, 3.05) is 49.1 Å². The Morgan fingerprint density at radius 3 is 2.37 bits per heavy atom. The van der Waals surface area contributed by atoms with Gasteiger partial charge in [0.2, 0.25) is 5.95 Å². The molecule has 0 N–H and O–H groups in total. The SMILES string of the molecule is CCN(CC)c1nc(N2CCN(S(=O)(=O)c3ccc(Br)s3)CC2)nc2ccccc12. The third-order valence-corrected chi connectivity index (χ3v) is 9.29. The highest BCUT2D eigenvalue weighted by Gasteiger charge is 2.30. The molecule has 1 aliphatic rings. The molecule has 3 heterocycles. The molecule has 0 atom stereocenters. The lowest BCUT2D eigenvalue weighted by molar-refractivity contribution is 0.383. The summed E-state index contributed by atoms with van der Waals surface area (Å²) in [6.07, 6.45) is 0. The molecule has 0 spiro atoms. The summed E-state index contributed by atoms with van der Waals surface area (Å²) in [6.45, 7) is 7.89. The van der Waals surface area contributed by atoms with E-state index in [0.717, 1.165) is 33.6 Å². The summed E-state index contributed by atoms with van der Waals surface area (Å²) in [5.41, 5.74) is 0.905. The van der Waals surface area contributed by atoms with Crippen LogP contribution in [0.5, 0.6) is 0 Å². The van der Waals surface area contributed by atoms with Crippen molar-refractivity contribution in [1.82, 2.24) is 14.3 Å². The average Bonchev–Trinajstić information content (AvgIpc) is 3.22. The van der Waals surface area contributed by atoms with E-state index in [1.807, 2.05) is 18.2 Å². The number of aromatic nitrogens is 2. The zero-order valence-electron chi connectivity index (χ0n) is 17.0. The summed E-state index contributed by atoms with van der Waals surface area (Å²) in [4.78, 5) is 14.0. The van der Waals surface area contributed by atoms with Crippen LogP contribution in [0.15, 0.2) is 44.4 Å². The molecule has 0 bridgehead atoms. The minimum atomic E-state index is -3.46. The molecule has 0 aliphatic carbocycles. The first-order chi connectivity index (χ1) is 14.4. The molecule has 160 valence electrons. The van der Waals surface area contributed by atoms with Crippen LogP contribution in [0, 0.1) is 0 Å². The molecule has 10 heteroatoms. The normalized spacial score (nSPS) is 15.6. The maximum atomic E-state index is 12.9. The average molecular weight is 510 g/mol. The standard InChI is InChI=1S/C20H24BrN5O2S2/c1-3-24(4-2)19-15-7-5-6-8-16(15)22-20(23-19)25-11-13-26(14-12-25)30(27,28)18-10-9-17(21)29-18/h5-10H,3-4,11-14H2,1-2H3. The lowest BCUT2D eigenvalue weighted by Gasteiger charge is -2.34. The van der Waals surface area contributed by atoms with Crippen LogP contribution in [-0.4, -0.2) is 62.0 Å². The van der Waals surface area contributed by atoms with Crippen LogP contribution in [0.4, 0.5) is 11.8 Å². The van der Waals surface area contributed by atoms with Crippen molar-refractivity contribution < 1.29 is 8.42 Å². The molecule has 1 aliphatic heterocycles. The fourth-order valence-corrected chi connectivity index (χ4v) is 7.23. The van der Waals surface area contributed by atoms with E-state index in [1.165, 1.54) is 11.3 Å². The molecule has 0 unspecified atom stereocenters. The molecule has 0 saturated carbocycles. The second kappa shape index (κ2) is 8.78. The van der Waals surface area contributed by atoms with Gasteiger partial charge in [-0.1, -0.05) is 12.1 Å². The van der Waals surface area contributed by atoms with Gasteiger partial charge < -0.3 is 9.80 Å². The number of nitrogens with zero attached hydrogens (tertiary/aromatic N) is 5. The number of halogens is 1. The molecule has 1 fully saturated rings. The Balaban J connectivity index is 1.59. The molecule has 0 radical (unpaired) electrons. The highest BCUT2D eigenvalue weighted by molar-refractivity contribution is 9.11. The van der Waals surface area contributed by atoms with Gasteiger partial charge in [0.05, 0.1) is 9.30 Å². The van der Waals surface area contributed by atoms with Crippen molar-refractivity contribution >= 4 is 60.0 Å². The molecule has 1 aromatic carbocycles. The lowest BCUT2D eigenvalue weighted by atomic mass is 10.2. The van der Waals surface area contributed by atoms with Crippen LogP contribution in [-0.2, 0) is 10.0 Å². The van der Waals surface area contributed by atoms with Gasteiger partial charge >= 0.3 is 0 Å².